The van der Waals surface area contributed by atoms with E-state index in [0.717, 1.165) is 0 Å². The molecule has 0 amide bonds. The Kier molecular flexibility index (Phi) is 5.34. The van der Waals surface area contributed by atoms with Gasteiger partial charge in [-0.15, -0.1) is 0 Å². The monoisotopic (exact) mass is 282 g/mol. The van der Waals surface area contributed by atoms with E-state index >= 15 is 0 Å². The molecule has 1 atom stereocenters. The minimum atomic E-state index is -4.04. The molecule has 0 aliphatic heterocycles. The molecule has 0 fully saturated rings. The minimum absolute atomic E-state index is 0.335. The molecule has 0 rings (SSSR count). The van der Waals surface area contributed by atoms with Gasteiger partial charge in [0.1, 0.15) is 0 Å². The van der Waals surface area contributed by atoms with E-state index in [1.165, 1.54) is 13.8 Å². The van der Waals surface area contributed by atoms with E-state index in [4.69, 9.17) is 5.11 Å². The maximum atomic E-state index is 11.6. The number of carbonyl (C=O) groups excluding carboxylic acids is 1. The van der Waals surface area contributed by atoms with Gasteiger partial charge in [0.2, 0.25) is 0 Å². The fourth-order valence-corrected chi connectivity index (χ4v) is 2.60. The van der Waals surface area contributed by atoms with Crippen molar-refractivity contribution < 1.29 is 27.6 Å². The zero-order valence-electron chi connectivity index (χ0n) is 11.4. The number of rotatable bonds is 5. The Bertz CT molecular complexity index is 390. The molecule has 0 aromatic carbocycles. The summed E-state index contributed by atoms with van der Waals surface area (Å²) in [4.78, 5) is 11.5. The van der Waals surface area contributed by atoms with E-state index in [0.29, 0.717) is 0 Å². The van der Waals surface area contributed by atoms with Crippen LogP contribution in [0.2, 0.25) is 0 Å². The third-order valence-corrected chi connectivity index (χ3v) is 3.83. The fourth-order valence-electron chi connectivity index (χ4n) is 1.14. The van der Waals surface area contributed by atoms with Crippen LogP contribution < -0.4 is 0 Å². The second-order valence-corrected chi connectivity index (χ2v) is 7.78. The summed E-state index contributed by atoms with van der Waals surface area (Å²) < 4.78 is 27.5. The lowest BCUT2D eigenvalue weighted by atomic mass is 9.88. The predicted molar refractivity (Wildman–Crippen MR) is 66.2 cm³/mol. The largest absolute Gasteiger partial charge is 0.396 e. The first-order valence-electron chi connectivity index (χ1n) is 5.56. The molecule has 0 aliphatic rings. The third-order valence-electron chi connectivity index (χ3n) is 2.19. The first-order chi connectivity index (χ1) is 7.81. The Hall–Kier alpha value is -0.660. The predicted octanol–water partition coefficient (Wildman–Crippen LogP) is 0.285. The van der Waals surface area contributed by atoms with Gasteiger partial charge in [0, 0.05) is 5.41 Å². The molecule has 0 aromatic heterocycles. The molecular formula is C11H22O6S. The summed E-state index contributed by atoms with van der Waals surface area (Å²) in [5.41, 5.74) is -1.72. The van der Waals surface area contributed by atoms with Crippen LogP contribution in [0.4, 0.5) is 0 Å². The Balaban J connectivity index is 4.78. The van der Waals surface area contributed by atoms with Crippen LogP contribution in [0, 0.1) is 10.8 Å². The molecule has 0 bridgehead atoms. The fraction of sp³-hybridized carbons (Fsp3) is 0.909. The number of hydrogen-bond acceptors (Lipinski definition) is 6. The summed E-state index contributed by atoms with van der Waals surface area (Å²) in [5, 5.41) is 18.6. The van der Waals surface area contributed by atoms with Crippen LogP contribution >= 0.6 is 0 Å². The van der Waals surface area contributed by atoms with Crippen molar-refractivity contribution in [3.8, 4) is 0 Å². The van der Waals surface area contributed by atoms with E-state index < -0.39 is 39.6 Å². The zero-order valence-corrected chi connectivity index (χ0v) is 12.2. The second-order valence-electron chi connectivity index (χ2n) is 6.21. The molecule has 108 valence electrons. The topological polar surface area (TPSA) is 101 Å². The molecule has 0 saturated heterocycles. The van der Waals surface area contributed by atoms with E-state index in [1.54, 1.807) is 20.8 Å². The van der Waals surface area contributed by atoms with Gasteiger partial charge >= 0.3 is 16.1 Å². The minimum Gasteiger partial charge on any atom is -0.396 e. The van der Waals surface area contributed by atoms with Crippen LogP contribution in [-0.2, 0) is 19.1 Å². The highest BCUT2D eigenvalue weighted by Gasteiger charge is 2.37. The van der Waals surface area contributed by atoms with E-state index in [2.05, 4.69) is 4.18 Å². The van der Waals surface area contributed by atoms with Gasteiger partial charge in [0.05, 0.1) is 12.4 Å². The Morgan fingerprint density at radius 3 is 2.00 bits per heavy atom. The average molecular weight is 282 g/mol. The molecule has 2 N–H and O–H groups in total. The Morgan fingerprint density at radius 2 is 1.67 bits per heavy atom. The first kappa shape index (κ1) is 17.3. The Morgan fingerprint density at radius 1 is 1.22 bits per heavy atom. The molecular weight excluding hydrogens is 260 g/mol. The summed E-state index contributed by atoms with van der Waals surface area (Å²) in [6.07, 6.45) is -1.70. The summed E-state index contributed by atoms with van der Waals surface area (Å²) in [7, 11) is -4.04. The SMILES string of the molecule is CC(C)(C)CS(=O)(=O)OC(=O)C(O)C(C)(C)CO. The van der Waals surface area contributed by atoms with Crippen molar-refractivity contribution in [2.45, 2.75) is 40.7 Å². The average Bonchev–Trinajstić information content (AvgIpc) is 2.11. The quantitative estimate of drug-likeness (QED) is 0.703. The molecule has 0 aliphatic carbocycles. The summed E-state index contributed by atoms with van der Waals surface area (Å²) in [6, 6.07) is 0. The van der Waals surface area contributed by atoms with Crippen molar-refractivity contribution in [1.29, 1.82) is 0 Å². The van der Waals surface area contributed by atoms with Gasteiger partial charge in [-0.2, -0.15) is 8.42 Å². The molecule has 0 aromatic rings. The summed E-state index contributed by atoms with van der Waals surface area (Å²) in [6.45, 7) is 7.44. The molecule has 0 radical (unpaired) electrons. The van der Waals surface area contributed by atoms with Crippen molar-refractivity contribution in [1.82, 2.24) is 0 Å². The van der Waals surface area contributed by atoms with Gasteiger partial charge in [-0.05, 0) is 5.41 Å². The van der Waals surface area contributed by atoms with Crippen LogP contribution in [0.1, 0.15) is 34.6 Å². The molecule has 18 heavy (non-hydrogen) atoms. The zero-order chi connectivity index (χ0) is 14.8. The lowest BCUT2D eigenvalue weighted by molar-refractivity contribution is -0.151. The standard InChI is InChI=1S/C11H22O6S/c1-10(2,3)7-18(15,16)17-9(14)8(13)11(4,5)6-12/h8,12-13H,6-7H2,1-5H3. The number of aliphatic hydroxyl groups excluding tert-OH is 2. The van der Waals surface area contributed by atoms with Gasteiger partial charge < -0.3 is 14.4 Å². The van der Waals surface area contributed by atoms with Gasteiger partial charge in [-0.3, -0.25) is 0 Å². The smallest absolute Gasteiger partial charge is 0.351 e. The highest BCUT2D eigenvalue weighted by Crippen LogP contribution is 2.22. The number of aliphatic hydroxyl groups is 2. The van der Waals surface area contributed by atoms with Crippen molar-refractivity contribution in [2.75, 3.05) is 12.4 Å². The maximum absolute atomic E-state index is 11.6. The first-order valence-corrected chi connectivity index (χ1v) is 7.13. The van der Waals surface area contributed by atoms with Crippen molar-refractivity contribution in [3.05, 3.63) is 0 Å². The normalized spacial score (nSPS) is 15.3. The van der Waals surface area contributed by atoms with Crippen LogP contribution in [0.15, 0.2) is 0 Å². The van der Waals surface area contributed by atoms with Gasteiger partial charge in [-0.1, -0.05) is 34.6 Å². The van der Waals surface area contributed by atoms with E-state index in [-0.39, 0.29) is 5.75 Å². The lowest BCUT2D eigenvalue weighted by Crippen LogP contribution is -2.41. The van der Waals surface area contributed by atoms with Crippen LogP contribution in [0.5, 0.6) is 0 Å². The molecule has 0 saturated carbocycles. The summed E-state index contributed by atoms with van der Waals surface area (Å²) >= 11 is 0. The van der Waals surface area contributed by atoms with Gasteiger partial charge in [0.25, 0.3) is 0 Å². The van der Waals surface area contributed by atoms with Crippen LogP contribution in [0.25, 0.3) is 0 Å². The Labute approximate surface area is 108 Å². The van der Waals surface area contributed by atoms with E-state index in [9.17, 15) is 18.3 Å². The van der Waals surface area contributed by atoms with Gasteiger partial charge in [-0.25, -0.2) is 4.79 Å². The maximum Gasteiger partial charge on any atom is 0.351 e. The lowest BCUT2D eigenvalue weighted by Gasteiger charge is -2.26. The van der Waals surface area contributed by atoms with Crippen molar-refractivity contribution >= 4 is 16.1 Å². The molecule has 0 spiro atoms. The summed E-state index contributed by atoms with van der Waals surface area (Å²) in [5.74, 6) is -1.60. The number of hydrogen-bond donors (Lipinski definition) is 2. The molecule has 0 heterocycles. The third kappa shape index (κ3) is 5.79. The van der Waals surface area contributed by atoms with Crippen molar-refractivity contribution in [3.63, 3.8) is 0 Å². The second kappa shape index (κ2) is 5.54. The van der Waals surface area contributed by atoms with Crippen LogP contribution in [-0.4, -0.2) is 43.1 Å². The van der Waals surface area contributed by atoms with E-state index in [1.807, 2.05) is 0 Å². The molecule has 7 heteroatoms. The highest BCUT2D eigenvalue weighted by atomic mass is 32.2. The van der Waals surface area contributed by atoms with Gasteiger partial charge in [0.15, 0.2) is 6.10 Å². The highest BCUT2D eigenvalue weighted by molar-refractivity contribution is 7.87. The van der Waals surface area contributed by atoms with Crippen molar-refractivity contribution in [2.24, 2.45) is 10.8 Å². The van der Waals surface area contributed by atoms with Crippen LogP contribution in [0.3, 0.4) is 0 Å². The molecule has 6 nitrogen and oxygen atoms in total. The molecule has 1 unspecified atom stereocenters. The number of carbonyl (C=O) groups is 1.